The number of hydrogen-bond acceptors (Lipinski definition) is 0. The molecule has 0 aliphatic heterocycles. The molecule has 1 rings (SSSR count). The third kappa shape index (κ3) is 56.3. The van der Waals surface area contributed by atoms with Gasteiger partial charge >= 0.3 is 129 Å². The number of unbranched alkanes of at least 4 members (excludes halogenated alkanes) is 1. The van der Waals surface area contributed by atoms with Crippen LogP contribution in [0.2, 0.25) is 0.0125 Å². The normalized spacial score (nSPS) is 20.6. The Morgan fingerprint density at radius 3 is 1.27 bits per heavy atom. The molecule has 0 heterocycles. The molecule has 0 nitrogen and oxygen atoms in total. The molecule has 0 saturated heterocycles. The van der Waals surface area contributed by atoms with Gasteiger partial charge in [0.1, 0.15) is 0 Å². The Bertz CT molecular complexity index is 273. The molecule has 0 radical (unpaired) electrons. The summed E-state index contributed by atoms with van der Waals surface area (Å²) in [5.41, 5.74) is 0. The Morgan fingerprint density at radius 2 is 1.00 bits per heavy atom. The van der Waals surface area contributed by atoms with Gasteiger partial charge in [0.15, 0.2) is 0 Å². The summed E-state index contributed by atoms with van der Waals surface area (Å²) in [6, 6.07) is 0. The van der Waals surface area contributed by atoms with E-state index < -0.39 is 21.8 Å². The van der Waals surface area contributed by atoms with Crippen molar-refractivity contribution < 1.29 is 51.8 Å². The topological polar surface area (TPSA) is 0 Å². The van der Waals surface area contributed by atoms with E-state index in [1.807, 2.05) is 0 Å². The van der Waals surface area contributed by atoms with Crippen LogP contribution in [0.1, 0.15) is 51.9 Å². The summed E-state index contributed by atoms with van der Waals surface area (Å²) < 4.78 is 118. The van der Waals surface area contributed by atoms with Crippen LogP contribution in [0.5, 0.6) is 0 Å². The van der Waals surface area contributed by atoms with E-state index in [0.717, 1.165) is 54.9 Å². The third-order valence-corrected chi connectivity index (χ3v) is 5.59. The molecule has 0 aromatic rings. The van der Waals surface area contributed by atoms with Gasteiger partial charge in [0.2, 0.25) is 0 Å². The molecule has 2 unspecified atom stereocenters. The Hall–Kier alpha value is 0.991. The van der Waals surface area contributed by atoms with Crippen molar-refractivity contribution in [2.45, 2.75) is 51.9 Å². The minimum absolute atomic E-state index is 1.10. The van der Waals surface area contributed by atoms with E-state index in [4.69, 9.17) is 0 Å². The molecule has 0 aromatic heterocycles. The monoisotopic (exact) mass is 439 g/mol. The van der Waals surface area contributed by atoms with E-state index in [1.54, 1.807) is 19.3 Å². The molecule has 16 heteroatoms. The molecule has 1 aliphatic carbocycles. The van der Waals surface area contributed by atoms with Crippen LogP contribution in [0.4, 0.5) is 51.8 Å². The van der Waals surface area contributed by atoms with Gasteiger partial charge in [-0.05, 0) is 0 Å². The van der Waals surface area contributed by atoms with Crippen LogP contribution in [-0.2, 0) is 0 Å². The van der Waals surface area contributed by atoms with Crippen molar-refractivity contribution in [3.63, 3.8) is 0 Å². The quantitative estimate of drug-likeness (QED) is 0.322. The first-order valence-corrected chi connectivity index (χ1v) is 9.76. The molecule has 1 saturated carbocycles. The Labute approximate surface area is 179 Å². The summed E-state index contributed by atoms with van der Waals surface area (Å²) in [5.74, 6) is 1.16. The Kier molecular flexibility index (Phi) is 19.3. The van der Waals surface area contributed by atoms with Crippen LogP contribution in [0.25, 0.3) is 0 Å². The average Bonchev–Trinajstić information content (AvgIpc) is 2.32. The van der Waals surface area contributed by atoms with Gasteiger partial charge in [-0.3, -0.25) is 0 Å². The van der Waals surface area contributed by atoms with Crippen LogP contribution in [0, 0.1) is 5.92 Å². The van der Waals surface area contributed by atoms with Gasteiger partial charge in [0, 0.05) is 0 Å². The zero-order chi connectivity index (χ0) is 21.6. The molecule has 0 amide bonds. The smallest absolute Gasteiger partial charge is 0.418 e. The van der Waals surface area contributed by atoms with Crippen LogP contribution >= 0.6 is 0 Å². The molecular formula is C10H19B3F12K-3. The van der Waals surface area contributed by atoms with Gasteiger partial charge in [0.25, 0.3) is 0 Å². The summed E-state index contributed by atoms with van der Waals surface area (Å²) in [6.45, 7) is 2.31. The van der Waals surface area contributed by atoms with Crippen molar-refractivity contribution in [3.05, 3.63) is 0 Å². The summed E-state index contributed by atoms with van der Waals surface area (Å²) in [5, 5.41) is 0. The predicted molar refractivity (Wildman–Crippen MR) is 81.5 cm³/mol. The van der Waals surface area contributed by atoms with Crippen molar-refractivity contribution in [2.75, 3.05) is 0 Å². The van der Waals surface area contributed by atoms with Crippen molar-refractivity contribution in [1.82, 2.24) is 0 Å². The molecule has 0 N–H and O–H groups in total. The van der Waals surface area contributed by atoms with E-state index in [0.29, 0.717) is 0 Å². The molecule has 0 spiro atoms. The predicted octanol–water partition coefficient (Wildman–Crippen LogP) is 7.22. The van der Waals surface area contributed by atoms with E-state index in [-0.39, 0.29) is 0 Å². The maximum absolute atomic E-state index is 9.75. The second kappa shape index (κ2) is 15.9. The number of hydrogen-bond donors (Lipinski definition) is 0. The molecular weight excluding hydrogens is 420 g/mol. The third-order valence-electron chi connectivity index (χ3n) is 3.22. The SMILES string of the molecule is CCCCC1CCCC[CH]1[K].F[B-](F)(F)F.F[B-](F)(F)F.F[B-](F)(F)F. The number of rotatable bonds is 3. The summed E-state index contributed by atoms with van der Waals surface area (Å²) in [7, 11) is -18.0. The minimum Gasteiger partial charge on any atom is -0.418 e. The maximum Gasteiger partial charge on any atom is 0.673 e. The Balaban J connectivity index is -0.000000300. The standard InChI is InChI=1S/C10H19.3BF4.K/c1-2-3-7-10-8-5-4-6-9-10;3*2-1(3,4)5;/h8,10H,2-7,9H2,1H3;;;;/q;3*-1;. The van der Waals surface area contributed by atoms with Gasteiger partial charge in [-0.1, -0.05) is 0 Å². The molecule has 1 fully saturated rings. The van der Waals surface area contributed by atoms with Gasteiger partial charge in [-0.25, -0.2) is 0 Å². The van der Waals surface area contributed by atoms with Crippen molar-refractivity contribution in [2.24, 2.45) is 5.92 Å². The van der Waals surface area contributed by atoms with E-state index in [2.05, 4.69) is 6.92 Å². The maximum atomic E-state index is 9.75. The van der Waals surface area contributed by atoms with Gasteiger partial charge in [-0.15, -0.1) is 0 Å². The molecule has 26 heavy (non-hydrogen) atoms. The fourth-order valence-corrected chi connectivity index (χ4v) is 3.97. The zero-order valence-electron chi connectivity index (χ0n) is 14.4. The second-order valence-corrected chi connectivity index (χ2v) is 7.96. The van der Waals surface area contributed by atoms with Gasteiger partial charge in [0.05, 0.1) is 0 Å². The molecule has 0 bridgehead atoms. The van der Waals surface area contributed by atoms with E-state index in [1.165, 1.54) is 25.7 Å². The average molecular weight is 439 g/mol. The van der Waals surface area contributed by atoms with Gasteiger partial charge in [-0.2, -0.15) is 0 Å². The van der Waals surface area contributed by atoms with Crippen LogP contribution in [-0.4, -0.2) is 70.7 Å². The van der Waals surface area contributed by atoms with Crippen molar-refractivity contribution in [3.8, 4) is 0 Å². The first-order valence-electron chi connectivity index (χ1n) is 7.96. The number of halogens is 12. The summed E-state index contributed by atoms with van der Waals surface area (Å²) in [6.07, 6.45) is 10.6. The van der Waals surface area contributed by atoms with E-state index >= 15 is 0 Å². The van der Waals surface area contributed by atoms with Crippen LogP contribution in [0.15, 0.2) is 0 Å². The Morgan fingerprint density at radius 1 is 0.692 bits per heavy atom. The largest absolute Gasteiger partial charge is 0.673 e. The first-order chi connectivity index (χ1) is 11.3. The van der Waals surface area contributed by atoms with E-state index in [9.17, 15) is 51.8 Å². The fraction of sp³-hybridized carbons (Fsp3) is 1.00. The fourth-order valence-electron chi connectivity index (χ4n) is 2.29. The van der Waals surface area contributed by atoms with Crippen LogP contribution in [0.3, 0.4) is 0 Å². The van der Waals surface area contributed by atoms with Crippen LogP contribution < -0.4 is 0 Å². The molecule has 156 valence electrons. The summed E-state index contributed by atoms with van der Waals surface area (Å²) >= 11 is 1.10. The van der Waals surface area contributed by atoms with Crippen molar-refractivity contribution in [1.29, 1.82) is 0 Å². The van der Waals surface area contributed by atoms with Gasteiger partial charge < -0.3 is 51.8 Å². The zero-order valence-corrected chi connectivity index (χ0v) is 17.5. The molecule has 1 aliphatic rings. The first kappa shape index (κ1) is 31.7. The molecule has 0 aromatic carbocycles. The second-order valence-electron chi connectivity index (χ2n) is 5.65. The summed E-state index contributed by atoms with van der Waals surface area (Å²) in [4.78, 5) is 0. The minimum atomic E-state index is -6.00. The van der Waals surface area contributed by atoms with Crippen molar-refractivity contribution >= 4 is 70.7 Å². The molecule has 2 atom stereocenters.